The van der Waals surface area contributed by atoms with Crippen molar-refractivity contribution in [2.24, 2.45) is 7.05 Å². The largest absolute Gasteiger partial charge is 0.481 e. The summed E-state index contributed by atoms with van der Waals surface area (Å²) in [6.07, 6.45) is 2.93. The van der Waals surface area contributed by atoms with E-state index in [0.717, 1.165) is 0 Å². The van der Waals surface area contributed by atoms with Gasteiger partial charge >= 0.3 is 5.97 Å². The number of nitrogens with one attached hydrogen (secondary N) is 1. The summed E-state index contributed by atoms with van der Waals surface area (Å²) < 4.78 is 1.49. The molecule has 0 aliphatic rings. The first-order chi connectivity index (χ1) is 7.61. The molecule has 6 heteroatoms. The average Bonchev–Trinajstić information content (AvgIpc) is 2.63. The lowest BCUT2D eigenvalue weighted by Gasteiger charge is -2.04. The summed E-state index contributed by atoms with van der Waals surface area (Å²) in [5.74, 6) is -0.992. The molecule has 88 valence electrons. The fraction of sp³-hybridized carbons (Fsp3) is 0.500. The Labute approximate surface area is 93.3 Å². The molecule has 0 fully saturated rings. The second-order valence-corrected chi connectivity index (χ2v) is 3.45. The standard InChI is InChI=1S/C10H15N3O3/c1-13-8(5-7-12-13)10(16)11-6-3-2-4-9(14)15/h5,7H,2-4,6H2,1H3,(H,11,16)(H,14,15). The van der Waals surface area contributed by atoms with E-state index < -0.39 is 5.97 Å². The highest BCUT2D eigenvalue weighted by Crippen LogP contribution is 1.97. The summed E-state index contributed by atoms with van der Waals surface area (Å²) in [5.41, 5.74) is 0.498. The monoisotopic (exact) mass is 225 g/mol. The molecule has 0 spiro atoms. The third-order valence-corrected chi connectivity index (χ3v) is 2.16. The van der Waals surface area contributed by atoms with Gasteiger partial charge in [0.2, 0.25) is 0 Å². The number of aryl methyl sites for hydroxylation is 1. The Morgan fingerprint density at radius 3 is 2.81 bits per heavy atom. The van der Waals surface area contributed by atoms with Gasteiger partial charge in [0.05, 0.1) is 0 Å². The zero-order chi connectivity index (χ0) is 12.0. The number of carbonyl (C=O) groups excluding carboxylic acids is 1. The van der Waals surface area contributed by atoms with Gasteiger partial charge in [-0.3, -0.25) is 14.3 Å². The molecule has 2 N–H and O–H groups in total. The number of aromatic nitrogens is 2. The van der Waals surface area contributed by atoms with E-state index in [4.69, 9.17) is 5.11 Å². The van der Waals surface area contributed by atoms with Crippen LogP contribution in [0.3, 0.4) is 0 Å². The highest BCUT2D eigenvalue weighted by molar-refractivity contribution is 5.92. The summed E-state index contributed by atoms with van der Waals surface area (Å²) in [4.78, 5) is 21.8. The Hall–Kier alpha value is -1.85. The maximum Gasteiger partial charge on any atom is 0.303 e. The van der Waals surface area contributed by atoms with E-state index in [9.17, 15) is 9.59 Å². The van der Waals surface area contributed by atoms with Crippen LogP contribution < -0.4 is 5.32 Å². The van der Waals surface area contributed by atoms with Crippen LogP contribution >= 0.6 is 0 Å². The Balaban J connectivity index is 2.21. The van der Waals surface area contributed by atoms with Gasteiger partial charge in [-0.15, -0.1) is 0 Å². The van der Waals surface area contributed by atoms with Crippen LogP contribution in [0.5, 0.6) is 0 Å². The second-order valence-electron chi connectivity index (χ2n) is 3.45. The first-order valence-electron chi connectivity index (χ1n) is 5.09. The third kappa shape index (κ3) is 3.72. The van der Waals surface area contributed by atoms with Crippen LogP contribution in [0.25, 0.3) is 0 Å². The fourth-order valence-corrected chi connectivity index (χ4v) is 1.29. The smallest absolute Gasteiger partial charge is 0.303 e. The number of carboxylic acids is 1. The SMILES string of the molecule is Cn1nccc1C(=O)NCCCCC(=O)O. The number of aliphatic carboxylic acids is 1. The lowest BCUT2D eigenvalue weighted by molar-refractivity contribution is -0.137. The van der Waals surface area contributed by atoms with Crippen molar-refractivity contribution >= 4 is 11.9 Å². The number of nitrogens with zero attached hydrogens (tertiary/aromatic N) is 2. The molecule has 1 aromatic rings. The first-order valence-corrected chi connectivity index (χ1v) is 5.09. The predicted octanol–water partition coefficient (Wildman–Crippen LogP) is 0.405. The van der Waals surface area contributed by atoms with Gasteiger partial charge in [0.1, 0.15) is 5.69 Å². The van der Waals surface area contributed by atoms with Crippen molar-refractivity contribution in [2.45, 2.75) is 19.3 Å². The number of hydrogen-bond acceptors (Lipinski definition) is 3. The molecule has 0 aliphatic carbocycles. The van der Waals surface area contributed by atoms with Crippen molar-refractivity contribution in [1.29, 1.82) is 0 Å². The number of carbonyl (C=O) groups is 2. The van der Waals surface area contributed by atoms with Crippen molar-refractivity contribution in [1.82, 2.24) is 15.1 Å². The van der Waals surface area contributed by atoms with Crippen LogP contribution in [0, 0.1) is 0 Å². The molecule has 6 nitrogen and oxygen atoms in total. The van der Waals surface area contributed by atoms with E-state index in [1.165, 1.54) is 4.68 Å². The van der Waals surface area contributed by atoms with Gasteiger partial charge in [-0.2, -0.15) is 5.10 Å². The molecule has 1 aromatic heterocycles. The number of carboxylic acid groups (broad SMARTS) is 1. The van der Waals surface area contributed by atoms with E-state index in [2.05, 4.69) is 10.4 Å². The summed E-state index contributed by atoms with van der Waals surface area (Å²) in [6, 6.07) is 1.63. The lowest BCUT2D eigenvalue weighted by Crippen LogP contribution is -2.26. The molecule has 0 unspecified atom stereocenters. The molecule has 0 aliphatic heterocycles. The van der Waals surface area contributed by atoms with Gasteiger partial charge in [0.15, 0.2) is 0 Å². The quantitative estimate of drug-likeness (QED) is 0.686. The fourth-order valence-electron chi connectivity index (χ4n) is 1.29. The van der Waals surface area contributed by atoms with Gasteiger partial charge in [-0.05, 0) is 18.9 Å². The average molecular weight is 225 g/mol. The van der Waals surface area contributed by atoms with Gasteiger partial charge < -0.3 is 10.4 Å². The Bertz CT molecular complexity index is 373. The van der Waals surface area contributed by atoms with E-state index in [1.54, 1.807) is 19.3 Å². The van der Waals surface area contributed by atoms with Crippen LogP contribution in [0.2, 0.25) is 0 Å². The van der Waals surface area contributed by atoms with Crippen molar-refractivity contribution in [2.75, 3.05) is 6.54 Å². The summed E-state index contributed by atoms with van der Waals surface area (Å²) >= 11 is 0. The molecule has 0 saturated carbocycles. The number of unbranched alkanes of at least 4 members (excludes halogenated alkanes) is 1. The summed E-state index contributed by atoms with van der Waals surface area (Å²) in [6.45, 7) is 0.483. The maximum absolute atomic E-state index is 11.5. The number of hydrogen-bond donors (Lipinski definition) is 2. The van der Waals surface area contributed by atoms with Crippen LogP contribution in [0.4, 0.5) is 0 Å². The normalized spacial score (nSPS) is 10.1. The number of amides is 1. The van der Waals surface area contributed by atoms with Gasteiger partial charge in [0.25, 0.3) is 5.91 Å². The summed E-state index contributed by atoms with van der Waals surface area (Å²) in [5, 5.41) is 15.0. The zero-order valence-electron chi connectivity index (χ0n) is 9.14. The molecular weight excluding hydrogens is 210 g/mol. The zero-order valence-corrected chi connectivity index (χ0v) is 9.14. The minimum absolute atomic E-state index is 0.140. The second kappa shape index (κ2) is 5.89. The molecule has 16 heavy (non-hydrogen) atoms. The van der Waals surface area contributed by atoms with E-state index in [1.807, 2.05) is 0 Å². The topological polar surface area (TPSA) is 84.2 Å². The highest BCUT2D eigenvalue weighted by atomic mass is 16.4. The Kier molecular flexibility index (Phi) is 4.50. The Morgan fingerprint density at radius 1 is 1.50 bits per heavy atom. The van der Waals surface area contributed by atoms with Gasteiger partial charge in [-0.25, -0.2) is 0 Å². The van der Waals surface area contributed by atoms with E-state index in [-0.39, 0.29) is 12.3 Å². The maximum atomic E-state index is 11.5. The molecule has 0 bridgehead atoms. The van der Waals surface area contributed by atoms with Crippen molar-refractivity contribution in [3.63, 3.8) is 0 Å². The van der Waals surface area contributed by atoms with Crippen LogP contribution in [0.15, 0.2) is 12.3 Å². The first kappa shape index (κ1) is 12.2. The minimum atomic E-state index is -0.807. The third-order valence-electron chi connectivity index (χ3n) is 2.16. The van der Waals surface area contributed by atoms with Crippen LogP contribution in [-0.4, -0.2) is 33.3 Å². The lowest BCUT2D eigenvalue weighted by atomic mass is 10.2. The van der Waals surface area contributed by atoms with E-state index in [0.29, 0.717) is 25.1 Å². The molecule has 0 atom stereocenters. The van der Waals surface area contributed by atoms with Crippen molar-refractivity contribution in [3.05, 3.63) is 18.0 Å². The molecule has 0 radical (unpaired) electrons. The molecule has 0 saturated heterocycles. The van der Waals surface area contributed by atoms with Gasteiger partial charge in [-0.1, -0.05) is 0 Å². The Morgan fingerprint density at radius 2 is 2.25 bits per heavy atom. The van der Waals surface area contributed by atoms with Crippen molar-refractivity contribution in [3.8, 4) is 0 Å². The van der Waals surface area contributed by atoms with Gasteiger partial charge in [0, 0.05) is 26.2 Å². The molecule has 0 aromatic carbocycles. The molecule has 1 rings (SSSR count). The van der Waals surface area contributed by atoms with E-state index >= 15 is 0 Å². The van der Waals surface area contributed by atoms with Crippen molar-refractivity contribution < 1.29 is 14.7 Å². The minimum Gasteiger partial charge on any atom is -0.481 e. The summed E-state index contributed by atoms with van der Waals surface area (Å²) in [7, 11) is 1.69. The number of rotatable bonds is 6. The molecule has 1 heterocycles. The predicted molar refractivity (Wildman–Crippen MR) is 57.0 cm³/mol. The van der Waals surface area contributed by atoms with Crippen LogP contribution in [0.1, 0.15) is 29.8 Å². The molecular formula is C10H15N3O3. The van der Waals surface area contributed by atoms with Crippen LogP contribution in [-0.2, 0) is 11.8 Å². The molecule has 1 amide bonds. The highest BCUT2D eigenvalue weighted by Gasteiger charge is 2.08.